The molecule has 0 aliphatic heterocycles. The molecule has 6 nitrogen and oxygen atoms in total. The van der Waals surface area contributed by atoms with Crippen LogP contribution in [0.4, 0.5) is 11.4 Å². The number of hydrogen-bond donors (Lipinski definition) is 2. The van der Waals surface area contributed by atoms with Crippen molar-refractivity contribution < 1.29 is 0 Å². The van der Waals surface area contributed by atoms with Crippen LogP contribution in [0, 0.1) is 0 Å². The Kier molecular flexibility index (Phi) is 5.35. The van der Waals surface area contributed by atoms with Crippen LogP contribution in [0.2, 0.25) is 0 Å². The Bertz CT molecular complexity index is 1010. The molecule has 0 aliphatic rings. The second kappa shape index (κ2) is 7.86. The average Bonchev–Trinajstić information content (AvgIpc) is 3.21. The monoisotopic (exact) mass is 360 g/mol. The van der Waals surface area contributed by atoms with Crippen molar-refractivity contribution in [1.82, 2.24) is 20.6 Å². The zero-order valence-corrected chi connectivity index (χ0v) is 14.8. The molecule has 0 unspecified atom stereocenters. The minimum atomic E-state index is 0. The highest BCUT2D eigenvalue weighted by Crippen LogP contribution is 2.29. The number of benzene rings is 3. The van der Waals surface area contributed by atoms with E-state index in [9.17, 15) is 0 Å². The first kappa shape index (κ1) is 18.4. The standard InChI is InChI=1S/C20H20N6.CH4/c1-26(2)19-12-9-15(17-5-3-4-6-18(17)19)13-21-16-10-7-14(8-11-16)20-22-24-25-23-20;/h3-12,21H,13H2,1-2H3,(H,22,23,24,25);1H4. The van der Waals surface area contributed by atoms with Gasteiger partial charge in [0.2, 0.25) is 5.82 Å². The van der Waals surface area contributed by atoms with E-state index in [4.69, 9.17) is 0 Å². The number of fused-ring (bicyclic) bond motifs is 1. The third-order valence-electron chi connectivity index (χ3n) is 4.44. The van der Waals surface area contributed by atoms with Crippen molar-refractivity contribution in [3.63, 3.8) is 0 Å². The van der Waals surface area contributed by atoms with E-state index in [2.05, 4.69) is 81.3 Å². The van der Waals surface area contributed by atoms with Crippen LogP contribution in [0.3, 0.4) is 0 Å². The van der Waals surface area contributed by atoms with Gasteiger partial charge in [-0.2, -0.15) is 5.21 Å². The van der Waals surface area contributed by atoms with Gasteiger partial charge >= 0.3 is 0 Å². The minimum absolute atomic E-state index is 0. The molecule has 1 heterocycles. The normalized spacial score (nSPS) is 10.4. The van der Waals surface area contributed by atoms with E-state index in [1.807, 2.05) is 24.3 Å². The summed E-state index contributed by atoms with van der Waals surface area (Å²) in [5.41, 5.74) is 4.49. The first-order chi connectivity index (χ1) is 12.7. The highest BCUT2D eigenvalue weighted by atomic mass is 15.5. The second-order valence-corrected chi connectivity index (χ2v) is 6.35. The third kappa shape index (κ3) is 3.74. The molecule has 0 saturated carbocycles. The molecule has 0 fully saturated rings. The van der Waals surface area contributed by atoms with Crippen molar-refractivity contribution in [1.29, 1.82) is 0 Å². The van der Waals surface area contributed by atoms with Crippen molar-refractivity contribution in [2.24, 2.45) is 0 Å². The van der Waals surface area contributed by atoms with Crippen LogP contribution in [-0.4, -0.2) is 34.7 Å². The van der Waals surface area contributed by atoms with Gasteiger partial charge in [-0.25, -0.2) is 0 Å². The Morgan fingerprint density at radius 1 is 0.926 bits per heavy atom. The fraction of sp³-hybridized carbons (Fsp3) is 0.190. The molecule has 6 heteroatoms. The van der Waals surface area contributed by atoms with E-state index in [1.54, 1.807) is 0 Å². The first-order valence-electron chi connectivity index (χ1n) is 8.48. The Hall–Kier alpha value is -3.41. The topological polar surface area (TPSA) is 69.7 Å². The van der Waals surface area contributed by atoms with E-state index in [-0.39, 0.29) is 7.43 Å². The number of H-pyrrole nitrogens is 1. The van der Waals surface area contributed by atoms with Crippen LogP contribution in [0.25, 0.3) is 22.2 Å². The summed E-state index contributed by atoms with van der Waals surface area (Å²) in [7, 11) is 4.15. The molecule has 0 radical (unpaired) electrons. The Morgan fingerprint density at radius 2 is 1.67 bits per heavy atom. The van der Waals surface area contributed by atoms with Gasteiger partial charge in [-0.05, 0) is 46.5 Å². The van der Waals surface area contributed by atoms with Crippen LogP contribution < -0.4 is 10.2 Å². The fourth-order valence-electron chi connectivity index (χ4n) is 3.11. The molecule has 4 aromatic rings. The van der Waals surface area contributed by atoms with Crippen LogP contribution in [0.1, 0.15) is 13.0 Å². The number of aromatic amines is 1. The maximum atomic E-state index is 3.99. The Morgan fingerprint density at radius 3 is 2.33 bits per heavy atom. The van der Waals surface area contributed by atoms with E-state index < -0.39 is 0 Å². The molecule has 4 rings (SSSR count). The van der Waals surface area contributed by atoms with E-state index in [0.717, 1.165) is 17.8 Å². The van der Waals surface area contributed by atoms with E-state index in [0.29, 0.717) is 5.82 Å². The summed E-state index contributed by atoms with van der Waals surface area (Å²) in [6.45, 7) is 0.760. The van der Waals surface area contributed by atoms with Gasteiger partial charge in [0, 0.05) is 43.0 Å². The maximum Gasteiger partial charge on any atom is 0.204 e. The molecule has 0 spiro atoms. The second-order valence-electron chi connectivity index (χ2n) is 6.35. The summed E-state index contributed by atoms with van der Waals surface area (Å²) in [6.07, 6.45) is 0. The Labute approximate surface area is 159 Å². The van der Waals surface area contributed by atoms with Crippen LogP contribution in [0.5, 0.6) is 0 Å². The minimum Gasteiger partial charge on any atom is -0.381 e. The average molecular weight is 360 g/mol. The number of hydrogen-bond acceptors (Lipinski definition) is 5. The van der Waals surface area contributed by atoms with Crippen LogP contribution >= 0.6 is 0 Å². The van der Waals surface area contributed by atoms with Gasteiger partial charge in [-0.1, -0.05) is 37.8 Å². The van der Waals surface area contributed by atoms with Crippen molar-refractivity contribution in [2.45, 2.75) is 14.0 Å². The molecule has 3 aromatic carbocycles. The van der Waals surface area contributed by atoms with Crippen molar-refractivity contribution >= 4 is 22.1 Å². The van der Waals surface area contributed by atoms with Gasteiger partial charge < -0.3 is 10.2 Å². The van der Waals surface area contributed by atoms with Gasteiger partial charge in [0.25, 0.3) is 0 Å². The quantitative estimate of drug-likeness (QED) is 0.554. The zero-order chi connectivity index (χ0) is 17.9. The number of tetrazole rings is 1. The van der Waals surface area contributed by atoms with Crippen molar-refractivity contribution in [3.05, 3.63) is 66.2 Å². The molecule has 0 aliphatic carbocycles. The van der Waals surface area contributed by atoms with E-state index in [1.165, 1.54) is 22.0 Å². The van der Waals surface area contributed by atoms with Gasteiger partial charge in [-0.3, -0.25) is 0 Å². The molecule has 0 amide bonds. The summed E-state index contributed by atoms with van der Waals surface area (Å²) in [5.74, 6) is 0.599. The molecule has 0 bridgehead atoms. The Balaban J connectivity index is 0.00000210. The SMILES string of the molecule is C.CN(C)c1ccc(CNc2ccc(-c3nn[nH]n3)cc2)c2ccccc12. The summed E-state index contributed by atoms with van der Waals surface area (Å²) in [5, 5.41) is 20.1. The first-order valence-corrected chi connectivity index (χ1v) is 8.48. The number of nitrogens with one attached hydrogen (secondary N) is 2. The predicted octanol–water partition coefficient (Wildman–Crippen LogP) is 4.33. The highest BCUT2D eigenvalue weighted by Gasteiger charge is 2.07. The maximum absolute atomic E-state index is 3.99. The fourth-order valence-corrected chi connectivity index (χ4v) is 3.11. The number of nitrogens with zero attached hydrogens (tertiary/aromatic N) is 4. The molecular weight excluding hydrogens is 336 g/mol. The largest absolute Gasteiger partial charge is 0.381 e. The molecule has 2 N–H and O–H groups in total. The molecule has 0 atom stereocenters. The number of aromatic nitrogens is 4. The molecule has 138 valence electrons. The highest BCUT2D eigenvalue weighted by molar-refractivity contribution is 5.96. The lowest BCUT2D eigenvalue weighted by Gasteiger charge is -2.18. The lowest BCUT2D eigenvalue weighted by molar-refractivity contribution is 0.881. The number of rotatable bonds is 5. The zero-order valence-electron chi connectivity index (χ0n) is 14.8. The summed E-state index contributed by atoms with van der Waals surface area (Å²) in [6, 6.07) is 20.9. The van der Waals surface area contributed by atoms with Crippen LogP contribution in [-0.2, 0) is 6.54 Å². The lowest BCUT2D eigenvalue weighted by Crippen LogP contribution is -2.10. The summed E-state index contributed by atoms with van der Waals surface area (Å²) in [4.78, 5) is 2.15. The molecular formula is C21H24N6. The number of anilines is 2. The molecule has 27 heavy (non-hydrogen) atoms. The smallest absolute Gasteiger partial charge is 0.204 e. The summed E-state index contributed by atoms with van der Waals surface area (Å²) >= 11 is 0. The van der Waals surface area contributed by atoms with Gasteiger partial charge in [0.15, 0.2) is 0 Å². The van der Waals surface area contributed by atoms with Crippen molar-refractivity contribution in [3.8, 4) is 11.4 Å². The van der Waals surface area contributed by atoms with Crippen LogP contribution in [0.15, 0.2) is 60.7 Å². The summed E-state index contributed by atoms with van der Waals surface area (Å²) < 4.78 is 0. The molecule has 1 aromatic heterocycles. The van der Waals surface area contributed by atoms with Gasteiger partial charge in [-0.15, -0.1) is 10.2 Å². The van der Waals surface area contributed by atoms with E-state index >= 15 is 0 Å². The van der Waals surface area contributed by atoms with Gasteiger partial charge in [0.1, 0.15) is 0 Å². The lowest BCUT2D eigenvalue weighted by atomic mass is 10.0. The van der Waals surface area contributed by atoms with Crippen molar-refractivity contribution in [2.75, 3.05) is 24.3 Å². The third-order valence-corrected chi connectivity index (χ3v) is 4.44. The van der Waals surface area contributed by atoms with Gasteiger partial charge in [0.05, 0.1) is 0 Å². The predicted molar refractivity (Wildman–Crippen MR) is 112 cm³/mol. The molecule has 0 saturated heterocycles.